The molecule has 0 unspecified atom stereocenters. The fourth-order valence-corrected chi connectivity index (χ4v) is 3.07. The summed E-state index contributed by atoms with van der Waals surface area (Å²) < 4.78 is 0. The van der Waals surface area contributed by atoms with Gasteiger partial charge in [0.15, 0.2) is 0 Å². The number of nitriles is 1. The Bertz CT molecular complexity index is 1040. The molecule has 148 valence electrons. The SMILES string of the molecule is CN1Cc2ncc(-c3nc(C#N)ccc3/C(C=N)=C/NCC(C)(C)C)cc2C1=O. The molecule has 0 fully saturated rings. The Kier molecular flexibility index (Phi) is 5.46. The number of pyridine rings is 2. The number of hydrogen-bond donors (Lipinski definition) is 2. The van der Waals surface area contributed by atoms with Gasteiger partial charge >= 0.3 is 0 Å². The molecule has 2 aromatic heterocycles. The van der Waals surface area contributed by atoms with Crippen LogP contribution in [-0.4, -0.2) is 40.6 Å². The molecule has 0 aliphatic carbocycles. The van der Waals surface area contributed by atoms with Gasteiger partial charge in [0.2, 0.25) is 0 Å². The van der Waals surface area contributed by atoms with Crippen LogP contribution in [0.25, 0.3) is 16.8 Å². The highest BCUT2D eigenvalue weighted by Gasteiger charge is 2.26. The van der Waals surface area contributed by atoms with Crippen LogP contribution in [0.4, 0.5) is 0 Å². The van der Waals surface area contributed by atoms with Crippen LogP contribution in [0.3, 0.4) is 0 Å². The number of carbonyl (C=O) groups is 1. The minimum atomic E-state index is -0.0815. The Balaban J connectivity index is 2.08. The largest absolute Gasteiger partial charge is 0.390 e. The van der Waals surface area contributed by atoms with Crippen molar-refractivity contribution in [2.75, 3.05) is 13.6 Å². The van der Waals surface area contributed by atoms with Crippen molar-refractivity contribution in [1.29, 1.82) is 10.7 Å². The fourth-order valence-electron chi connectivity index (χ4n) is 3.07. The number of hydrogen-bond acceptors (Lipinski definition) is 6. The highest BCUT2D eigenvalue weighted by Crippen LogP contribution is 2.30. The van der Waals surface area contributed by atoms with Crippen LogP contribution in [0, 0.1) is 22.2 Å². The van der Waals surface area contributed by atoms with E-state index in [1.807, 2.05) is 0 Å². The van der Waals surface area contributed by atoms with E-state index >= 15 is 0 Å². The van der Waals surface area contributed by atoms with Crippen molar-refractivity contribution in [3.05, 3.63) is 53.1 Å². The lowest BCUT2D eigenvalue weighted by molar-refractivity contribution is 0.0816. The predicted molar refractivity (Wildman–Crippen MR) is 112 cm³/mol. The minimum Gasteiger partial charge on any atom is -0.390 e. The van der Waals surface area contributed by atoms with Crippen molar-refractivity contribution >= 4 is 17.7 Å². The molecular formula is C22H24N6O. The van der Waals surface area contributed by atoms with Gasteiger partial charge in [-0.3, -0.25) is 9.78 Å². The second-order valence-electron chi connectivity index (χ2n) is 8.27. The maximum absolute atomic E-state index is 12.4. The number of rotatable bonds is 5. The van der Waals surface area contributed by atoms with Gasteiger partial charge < -0.3 is 15.6 Å². The van der Waals surface area contributed by atoms with Gasteiger partial charge in [-0.15, -0.1) is 0 Å². The van der Waals surface area contributed by atoms with Gasteiger partial charge in [0.05, 0.1) is 23.5 Å². The molecule has 1 amide bonds. The zero-order valence-electron chi connectivity index (χ0n) is 17.1. The average Bonchev–Trinajstić information content (AvgIpc) is 2.97. The van der Waals surface area contributed by atoms with E-state index in [1.165, 1.54) is 6.21 Å². The molecule has 0 radical (unpaired) electrons. The second-order valence-corrected chi connectivity index (χ2v) is 8.27. The molecule has 7 heteroatoms. The number of nitrogens with zero attached hydrogens (tertiary/aromatic N) is 4. The van der Waals surface area contributed by atoms with E-state index in [1.54, 1.807) is 42.5 Å². The molecule has 0 saturated heterocycles. The van der Waals surface area contributed by atoms with Crippen LogP contribution < -0.4 is 5.32 Å². The molecule has 0 bridgehead atoms. The van der Waals surface area contributed by atoms with E-state index in [4.69, 9.17) is 5.41 Å². The number of aromatic nitrogens is 2. The fraction of sp³-hybridized carbons (Fsp3) is 0.318. The Morgan fingerprint density at radius 1 is 1.41 bits per heavy atom. The van der Waals surface area contributed by atoms with Crippen LogP contribution in [0.15, 0.2) is 30.6 Å². The van der Waals surface area contributed by atoms with Crippen LogP contribution in [0.5, 0.6) is 0 Å². The average molecular weight is 388 g/mol. The van der Waals surface area contributed by atoms with E-state index in [-0.39, 0.29) is 17.0 Å². The van der Waals surface area contributed by atoms with Crippen molar-refractivity contribution in [3.63, 3.8) is 0 Å². The third-order valence-electron chi connectivity index (χ3n) is 4.57. The van der Waals surface area contributed by atoms with E-state index in [2.05, 4.69) is 42.1 Å². The molecule has 3 rings (SSSR count). The highest BCUT2D eigenvalue weighted by atomic mass is 16.2. The smallest absolute Gasteiger partial charge is 0.255 e. The van der Waals surface area contributed by atoms with E-state index < -0.39 is 0 Å². The summed E-state index contributed by atoms with van der Waals surface area (Å²) in [7, 11) is 1.74. The van der Waals surface area contributed by atoms with Gasteiger partial charge in [-0.1, -0.05) is 20.8 Å². The van der Waals surface area contributed by atoms with Gasteiger partial charge in [-0.05, 0) is 23.6 Å². The van der Waals surface area contributed by atoms with Gasteiger partial charge in [0.25, 0.3) is 5.91 Å². The van der Waals surface area contributed by atoms with Crippen molar-refractivity contribution in [2.24, 2.45) is 5.41 Å². The third-order valence-corrected chi connectivity index (χ3v) is 4.57. The first-order valence-electron chi connectivity index (χ1n) is 9.34. The standard InChI is InChI=1S/C22H24N6O/c1-22(2,3)13-25-10-15(8-23)17-6-5-16(9-24)27-20(17)14-7-18-19(26-11-14)12-28(4)21(18)29/h5-8,10-11,23,25H,12-13H2,1-4H3/b15-10+,23-8?. The normalized spacial score (nSPS) is 13.8. The quantitative estimate of drug-likeness (QED) is 0.765. The molecule has 0 spiro atoms. The zero-order valence-corrected chi connectivity index (χ0v) is 17.1. The first kappa shape index (κ1) is 20.2. The van der Waals surface area contributed by atoms with E-state index in [0.717, 1.165) is 12.2 Å². The number of allylic oxidation sites excluding steroid dienone is 1. The molecule has 0 aromatic carbocycles. The Labute approximate surface area is 170 Å². The summed E-state index contributed by atoms with van der Waals surface area (Å²) in [4.78, 5) is 22.9. The summed E-state index contributed by atoms with van der Waals surface area (Å²) in [6, 6.07) is 7.22. The molecule has 3 heterocycles. The van der Waals surface area contributed by atoms with Crippen LogP contribution in [0.2, 0.25) is 0 Å². The summed E-state index contributed by atoms with van der Waals surface area (Å²) in [5.41, 5.74) is 4.12. The molecule has 2 N–H and O–H groups in total. The Morgan fingerprint density at radius 2 is 2.17 bits per heavy atom. The lowest BCUT2D eigenvalue weighted by Gasteiger charge is -2.18. The van der Waals surface area contributed by atoms with Crippen molar-refractivity contribution in [2.45, 2.75) is 27.3 Å². The Morgan fingerprint density at radius 3 is 2.83 bits per heavy atom. The van der Waals surface area contributed by atoms with Crippen molar-refractivity contribution in [3.8, 4) is 17.3 Å². The van der Waals surface area contributed by atoms with E-state index in [9.17, 15) is 10.1 Å². The van der Waals surface area contributed by atoms with Gasteiger partial charge in [0, 0.05) is 48.9 Å². The lowest BCUT2D eigenvalue weighted by Crippen LogP contribution is -2.23. The first-order chi connectivity index (χ1) is 13.7. The van der Waals surface area contributed by atoms with Gasteiger partial charge in [0.1, 0.15) is 11.8 Å². The first-order valence-corrected chi connectivity index (χ1v) is 9.34. The minimum absolute atomic E-state index is 0.0815. The van der Waals surface area contributed by atoms with Crippen LogP contribution in [-0.2, 0) is 6.54 Å². The summed E-state index contributed by atoms with van der Waals surface area (Å²) >= 11 is 0. The maximum Gasteiger partial charge on any atom is 0.255 e. The van der Waals surface area contributed by atoms with Crippen molar-refractivity contribution < 1.29 is 4.79 Å². The number of carbonyl (C=O) groups excluding carboxylic acids is 1. The molecule has 2 aromatic rings. The number of amides is 1. The monoisotopic (exact) mass is 388 g/mol. The van der Waals surface area contributed by atoms with Crippen LogP contribution in [0.1, 0.15) is 48.1 Å². The van der Waals surface area contributed by atoms with Crippen LogP contribution >= 0.6 is 0 Å². The number of fused-ring (bicyclic) bond motifs is 1. The molecular weight excluding hydrogens is 364 g/mol. The zero-order chi connectivity index (χ0) is 21.2. The highest BCUT2D eigenvalue weighted by molar-refractivity contribution is 6.10. The van der Waals surface area contributed by atoms with Crippen molar-refractivity contribution in [1.82, 2.24) is 20.2 Å². The summed E-state index contributed by atoms with van der Waals surface area (Å²) in [6.07, 6.45) is 4.70. The number of nitrogens with one attached hydrogen (secondary N) is 2. The summed E-state index contributed by atoms with van der Waals surface area (Å²) in [5, 5.41) is 20.4. The lowest BCUT2D eigenvalue weighted by atomic mass is 9.96. The Hall–Kier alpha value is -3.53. The van der Waals surface area contributed by atoms with E-state index in [0.29, 0.717) is 34.5 Å². The summed E-state index contributed by atoms with van der Waals surface area (Å²) in [6.45, 7) is 7.59. The maximum atomic E-state index is 12.4. The van der Waals surface area contributed by atoms with Gasteiger partial charge in [-0.25, -0.2) is 4.98 Å². The second kappa shape index (κ2) is 7.84. The third kappa shape index (κ3) is 4.32. The molecule has 7 nitrogen and oxygen atoms in total. The van der Waals surface area contributed by atoms with Gasteiger partial charge in [-0.2, -0.15) is 5.26 Å². The summed E-state index contributed by atoms with van der Waals surface area (Å²) in [5.74, 6) is -0.0815. The molecule has 29 heavy (non-hydrogen) atoms. The molecule has 1 aliphatic heterocycles. The topological polar surface area (TPSA) is 106 Å². The predicted octanol–water partition coefficient (Wildman–Crippen LogP) is 3.23. The molecule has 0 saturated carbocycles. The molecule has 0 atom stereocenters. The molecule has 1 aliphatic rings.